The number of halogens is 1. The van der Waals surface area contributed by atoms with E-state index in [-0.39, 0.29) is 23.6 Å². The topological polar surface area (TPSA) is 91.1 Å². The number of likely N-dealkylation sites (tertiary alicyclic amines) is 3. The molecule has 42 heavy (non-hydrogen) atoms. The van der Waals surface area contributed by atoms with Crippen LogP contribution in [0.15, 0.2) is 30.5 Å². The molecule has 3 amide bonds. The van der Waals surface area contributed by atoms with Gasteiger partial charge in [-0.05, 0) is 74.8 Å². The average molecular weight is 596 g/mol. The number of carbonyl (C=O) groups is 3. The number of anilines is 1. The normalized spacial score (nSPS) is 21.1. The molecule has 2 unspecified atom stereocenters. The Morgan fingerprint density at radius 3 is 2.26 bits per heavy atom. The van der Waals surface area contributed by atoms with Gasteiger partial charge in [0.05, 0.1) is 0 Å². The highest BCUT2D eigenvalue weighted by Gasteiger charge is 2.42. The van der Waals surface area contributed by atoms with Gasteiger partial charge in [0.1, 0.15) is 5.56 Å². The minimum absolute atomic E-state index is 0.0452. The molecule has 5 rings (SSSR count). The number of carbonyl (C=O) groups excluding carboxylic acids is 3. The van der Waals surface area contributed by atoms with Crippen LogP contribution in [0, 0.1) is 43.7 Å². The molecule has 0 N–H and O–H groups in total. The Bertz CT molecular complexity index is 1340. The first-order chi connectivity index (χ1) is 20.0. The van der Waals surface area contributed by atoms with Gasteiger partial charge in [-0.25, -0.2) is 0 Å². The summed E-state index contributed by atoms with van der Waals surface area (Å²) < 4.78 is 0.770. The molecule has 1 aromatic heterocycles. The van der Waals surface area contributed by atoms with Crippen molar-refractivity contribution < 1.29 is 19.1 Å². The second kappa shape index (κ2) is 12.6. The maximum Gasteiger partial charge on any atom is 0.260 e. The highest BCUT2D eigenvalue weighted by atomic mass is 35.5. The van der Waals surface area contributed by atoms with E-state index >= 15 is 0 Å². The van der Waals surface area contributed by atoms with E-state index in [9.17, 15) is 19.6 Å². The molecule has 0 spiro atoms. The van der Waals surface area contributed by atoms with E-state index in [4.69, 9.17) is 11.6 Å². The monoisotopic (exact) mass is 595 g/mol. The summed E-state index contributed by atoms with van der Waals surface area (Å²) >= 11 is 6.46. The van der Waals surface area contributed by atoms with Crippen LogP contribution >= 0.6 is 11.6 Å². The minimum Gasteiger partial charge on any atom is -0.618 e. The lowest BCUT2D eigenvalue weighted by atomic mass is 9.94. The second-order valence-electron chi connectivity index (χ2n) is 12.3. The third kappa shape index (κ3) is 6.27. The van der Waals surface area contributed by atoms with Gasteiger partial charge in [0.25, 0.3) is 5.91 Å². The summed E-state index contributed by atoms with van der Waals surface area (Å²) in [6, 6.07) is 7.52. The fourth-order valence-corrected chi connectivity index (χ4v) is 7.10. The van der Waals surface area contributed by atoms with Gasteiger partial charge in [-0.15, -0.1) is 0 Å². The number of piperidine rings is 1. The van der Waals surface area contributed by atoms with Crippen LogP contribution in [0.3, 0.4) is 0 Å². The molecule has 3 fully saturated rings. The highest BCUT2D eigenvalue weighted by Crippen LogP contribution is 2.33. The fraction of sp³-hybridized carbons (Fsp3) is 0.562. The lowest BCUT2D eigenvalue weighted by Crippen LogP contribution is -2.44. The molecular weight excluding hydrogens is 554 g/mol. The maximum absolute atomic E-state index is 13.8. The van der Waals surface area contributed by atoms with Gasteiger partial charge in [-0.3, -0.25) is 14.4 Å². The lowest BCUT2D eigenvalue weighted by Gasteiger charge is -2.34. The summed E-state index contributed by atoms with van der Waals surface area (Å²) in [4.78, 5) is 46.9. The summed E-state index contributed by atoms with van der Waals surface area (Å²) in [6.45, 7) is 13.1. The number of benzene rings is 1. The van der Waals surface area contributed by atoms with Crippen LogP contribution in [0.4, 0.5) is 5.69 Å². The second-order valence-corrected chi connectivity index (χ2v) is 12.7. The molecule has 2 atom stereocenters. The van der Waals surface area contributed by atoms with Gasteiger partial charge in [0.2, 0.25) is 17.5 Å². The average Bonchev–Trinajstić information content (AvgIpc) is 3.54. The SMILES string of the molecule is CC(=O)N1CCC(C(=O)N(CCCN2CC3CN(C(=O)c4c(C)cc[n+]([O-])c4C)CC3C2)c2ccc(C)c(Cl)c2)CC1. The zero-order chi connectivity index (χ0) is 30.1. The predicted molar refractivity (Wildman–Crippen MR) is 162 cm³/mol. The van der Waals surface area contributed by atoms with Gasteiger partial charge in [0, 0.05) is 82.4 Å². The van der Waals surface area contributed by atoms with Crippen molar-refractivity contribution in [1.82, 2.24) is 14.7 Å². The summed E-state index contributed by atoms with van der Waals surface area (Å²) in [5.74, 6) is 0.846. The molecule has 226 valence electrons. The van der Waals surface area contributed by atoms with Gasteiger partial charge in [0.15, 0.2) is 6.20 Å². The van der Waals surface area contributed by atoms with E-state index in [1.807, 2.05) is 46.7 Å². The number of aryl methyl sites for hydroxylation is 2. The van der Waals surface area contributed by atoms with Crippen LogP contribution in [0.1, 0.15) is 53.4 Å². The molecule has 3 aliphatic heterocycles. The van der Waals surface area contributed by atoms with Crippen LogP contribution in [-0.4, -0.2) is 84.8 Å². The Morgan fingerprint density at radius 1 is 0.976 bits per heavy atom. The summed E-state index contributed by atoms with van der Waals surface area (Å²) in [5.41, 5.74) is 3.61. The predicted octanol–water partition coefficient (Wildman–Crippen LogP) is 3.58. The van der Waals surface area contributed by atoms with Gasteiger partial charge < -0.3 is 24.8 Å². The van der Waals surface area contributed by atoms with Gasteiger partial charge >= 0.3 is 0 Å². The number of nitrogens with zero attached hydrogens (tertiary/aromatic N) is 5. The fourth-order valence-electron chi connectivity index (χ4n) is 6.92. The molecule has 0 bridgehead atoms. The maximum atomic E-state index is 13.8. The van der Waals surface area contributed by atoms with Crippen molar-refractivity contribution in [3.05, 3.63) is 63.1 Å². The standard InChI is InChI=1S/C32H42ClN5O4/c1-21-6-7-28(16-29(21)33)37(31(40)25-9-13-35(14-10-25)24(4)39)12-5-11-34-17-26-19-36(20-27(26)18-34)32(41)30-22(2)8-15-38(42)23(30)3/h6-8,15-16,25-27H,5,9-14,17-20H2,1-4H3. The first-order valence-corrected chi connectivity index (χ1v) is 15.4. The summed E-state index contributed by atoms with van der Waals surface area (Å²) in [6.07, 6.45) is 3.64. The largest absolute Gasteiger partial charge is 0.618 e. The molecule has 3 saturated heterocycles. The van der Waals surface area contributed by atoms with Crippen molar-refractivity contribution in [2.75, 3.05) is 57.3 Å². The first-order valence-electron chi connectivity index (χ1n) is 15.1. The molecule has 0 radical (unpaired) electrons. The molecule has 4 heterocycles. The third-order valence-electron chi connectivity index (χ3n) is 9.49. The van der Waals surface area contributed by atoms with Gasteiger partial charge in [-0.1, -0.05) is 17.7 Å². The van der Waals surface area contributed by atoms with Crippen molar-refractivity contribution in [3.8, 4) is 0 Å². The molecule has 3 aliphatic rings. The van der Waals surface area contributed by atoms with E-state index in [0.717, 1.165) is 47.6 Å². The van der Waals surface area contributed by atoms with E-state index in [0.29, 0.717) is 73.7 Å². The van der Waals surface area contributed by atoms with Crippen molar-refractivity contribution in [3.63, 3.8) is 0 Å². The van der Waals surface area contributed by atoms with Crippen molar-refractivity contribution in [1.29, 1.82) is 0 Å². The molecular formula is C32H42ClN5O4. The Hall–Kier alpha value is -3.17. The summed E-state index contributed by atoms with van der Waals surface area (Å²) in [5, 5.41) is 12.7. The highest BCUT2D eigenvalue weighted by molar-refractivity contribution is 6.31. The number of fused-ring (bicyclic) bond motifs is 1. The van der Waals surface area contributed by atoms with E-state index in [1.165, 1.54) is 6.20 Å². The van der Waals surface area contributed by atoms with Gasteiger partial charge in [-0.2, -0.15) is 4.73 Å². The van der Waals surface area contributed by atoms with Crippen LogP contribution in [0.25, 0.3) is 0 Å². The number of pyridine rings is 1. The molecule has 0 saturated carbocycles. The Kier molecular flexibility index (Phi) is 9.08. The number of amides is 3. The van der Waals surface area contributed by atoms with Crippen LogP contribution in [0.2, 0.25) is 5.02 Å². The van der Waals surface area contributed by atoms with Crippen molar-refractivity contribution in [2.24, 2.45) is 17.8 Å². The van der Waals surface area contributed by atoms with Crippen LogP contribution < -0.4 is 9.63 Å². The molecule has 1 aromatic carbocycles. The molecule has 9 nitrogen and oxygen atoms in total. The number of aromatic nitrogens is 1. The lowest BCUT2D eigenvalue weighted by molar-refractivity contribution is -0.612. The number of hydrogen-bond donors (Lipinski definition) is 0. The Balaban J connectivity index is 1.17. The smallest absolute Gasteiger partial charge is 0.260 e. The zero-order valence-electron chi connectivity index (χ0n) is 25.1. The van der Waals surface area contributed by atoms with Crippen molar-refractivity contribution >= 4 is 35.0 Å². The number of rotatable bonds is 7. The van der Waals surface area contributed by atoms with E-state index < -0.39 is 0 Å². The zero-order valence-corrected chi connectivity index (χ0v) is 25.9. The summed E-state index contributed by atoms with van der Waals surface area (Å²) in [7, 11) is 0. The molecule has 10 heteroatoms. The van der Waals surface area contributed by atoms with Crippen molar-refractivity contribution in [2.45, 2.75) is 47.0 Å². The van der Waals surface area contributed by atoms with E-state index in [2.05, 4.69) is 4.90 Å². The van der Waals surface area contributed by atoms with Crippen LogP contribution in [0.5, 0.6) is 0 Å². The quantitative estimate of drug-likeness (QED) is 0.360. The molecule has 2 aromatic rings. The number of hydrogen-bond acceptors (Lipinski definition) is 5. The Labute approximate surface area is 253 Å². The first kappa shape index (κ1) is 30.3. The van der Waals surface area contributed by atoms with Crippen LogP contribution in [-0.2, 0) is 9.59 Å². The third-order valence-corrected chi connectivity index (χ3v) is 9.90. The van der Waals surface area contributed by atoms with E-state index in [1.54, 1.807) is 19.9 Å². The Morgan fingerprint density at radius 2 is 1.64 bits per heavy atom. The molecule has 0 aliphatic carbocycles. The minimum atomic E-state index is -0.108.